The van der Waals surface area contributed by atoms with Crippen LogP contribution >= 0.6 is 11.3 Å². The zero-order valence-electron chi connectivity index (χ0n) is 15.0. The van der Waals surface area contributed by atoms with Crippen LogP contribution in [0.25, 0.3) is 0 Å². The van der Waals surface area contributed by atoms with E-state index in [4.69, 9.17) is 0 Å². The molecule has 1 aliphatic heterocycles. The van der Waals surface area contributed by atoms with Crippen molar-refractivity contribution in [3.8, 4) is 0 Å². The predicted octanol–water partition coefficient (Wildman–Crippen LogP) is 4.04. The maximum Gasteiger partial charge on any atom is 0.257 e. The molecule has 1 amide bonds. The smallest absolute Gasteiger partial charge is 0.257 e. The van der Waals surface area contributed by atoms with Crippen molar-refractivity contribution >= 4 is 22.4 Å². The third-order valence-corrected chi connectivity index (χ3v) is 6.32. The number of carbonyl (C=O) groups excluding carboxylic acids is 1. The Balaban J connectivity index is 1.48. The molecule has 25 heavy (non-hydrogen) atoms. The highest BCUT2D eigenvalue weighted by Crippen LogP contribution is 2.29. The highest BCUT2D eigenvalue weighted by atomic mass is 32.1. The Hall–Kier alpha value is -1.72. The van der Waals surface area contributed by atoms with Crippen LogP contribution < -0.4 is 5.32 Å². The lowest BCUT2D eigenvalue weighted by Gasteiger charge is -2.29. The Labute approximate surface area is 153 Å². The van der Waals surface area contributed by atoms with Crippen LogP contribution in [0.4, 0.5) is 5.13 Å². The van der Waals surface area contributed by atoms with E-state index in [-0.39, 0.29) is 5.91 Å². The maximum absolute atomic E-state index is 12.6. The Morgan fingerprint density at radius 1 is 1.20 bits per heavy atom. The Morgan fingerprint density at radius 2 is 2.00 bits per heavy atom. The minimum atomic E-state index is -0.0415. The molecule has 0 saturated heterocycles. The SMILES string of the molecule is CC(C)N1CCc2nc(NC(=O)c3ccc4c(c3)CCCC4)sc2C1. The van der Waals surface area contributed by atoms with Gasteiger partial charge in [-0.25, -0.2) is 4.98 Å². The van der Waals surface area contributed by atoms with Crippen LogP contribution in [0.3, 0.4) is 0 Å². The van der Waals surface area contributed by atoms with E-state index >= 15 is 0 Å². The third-order valence-electron chi connectivity index (χ3n) is 5.32. The summed E-state index contributed by atoms with van der Waals surface area (Å²) in [5.74, 6) is -0.0415. The Bertz CT molecular complexity index is 796. The van der Waals surface area contributed by atoms with Gasteiger partial charge in [0.15, 0.2) is 5.13 Å². The summed E-state index contributed by atoms with van der Waals surface area (Å²) in [4.78, 5) is 21.0. The van der Waals surface area contributed by atoms with E-state index in [1.165, 1.54) is 28.8 Å². The number of hydrogen-bond donors (Lipinski definition) is 1. The first-order valence-electron chi connectivity index (χ1n) is 9.26. The molecule has 2 heterocycles. The number of rotatable bonds is 3. The molecule has 0 unspecified atom stereocenters. The normalized spacial score (nSPS) is 17.2. The number of aryl methyl sites for hydroxylation is 2. The highest BCUT2D eigenvalue weighted by molar-refractivity contribution is 7.15. The number of nitrogens with zero attached hydrogens (tertiary/aromatic N) is 2. The van der Waals surface area contributed by atoms with E-state index < -0.39 is 0 Å². The molecule has 0 radical (unpaired) electrons. The van der Waals surface area contributed by atoms with Crippen molar-refractivity contribution < 1.29 is 4.79 Å². The van der Waals surface area contributed by atoms with Crippen LogP contribution in [0, 0.1) is 0 Å². The Morgan fingerprint density at radius 3 is 2.80 bits per heavy atom. The van der Waals surface area contributed by atoms with Crippen molar-refractivity contribution in [1.82, 2.24) is 9.88 Å². The summed E-state index contributed by atoms with van der Waals surface area (Å²) < 4.78 is 0. The minimum absolute atomic E-state index is 0.0415. The molecular weight excluding hydrogens is 330 g/mol. The third kappa shape index (κ3) is 3.48. The number of aromatic nitrogens is 1. The van der Waals surface area contributed by atoms with Crippen LogP contribution in [0.1, 0.15) is 58.7 Å². The number of amides is 1. The van der Waals surface area contributed by atoms with Crippen LogP contribution in [0.15, 0.2) is 18.2 Å². The van der Waals surface area contributed by atoms with Crippen LogP contribution in [0.2, 0.25) is 0 Å². The molecule has 1 aromatic carbocycles. The van der Waals surface area contributed by atoms with E-state index in [9.17, 15) is 4.79 Å². The van der Waals surface area contributed by atoms with Gasteiger partial charge in [0.05, 0.1) is 5.69 Å². The van der Waals surface area contributed by atoms with Gasteiger partial charge in [-0.15, -0.1) is 11.3 Å². The molecule has 0 atom stereocenters. The topological polar surface area (TPSA) is 45.2 Å². The van der Waals surface area contributed by atoms with Crippen molar-refractivity contribution in [2.24, 2.45) is 0 Å². The fraction of sp³-hybridized carbons (Fsp3) is 0.500. The number of nitrogens with one attached hydrogen (secondary N) is 1. The molecular formula is C20H25N3OS. The summed E-state index contributed by atoms with van der Waals surface area (Å²) in [6.07, 6.45) is 5.69. The largest absolute Gasteiger partial charge is 0.298 e. The van der Waals surface area contributed by atoms with Crippen LogP contribution in [-0.4, -0.2) is 28.4 Å². The summed E-state index contributed by atoms with van der Waals surface area (Å²) in [5.41, 5.74) is 4.64. The van der Waals surface area contributed by atoms with Gasteiger partial charge in [-0.2, -0.15) is 0 Å². The second-order valence-corrected chi connectivity index (χ2v) is 8.43. The number of anilines is 1. The van der Waals surface area contributed by atoms with Crippen molar-refractivity contribution in [2.75, 3.05) is 11.9 Å². The summed E-state index contributed by atoms with van der Waals surface area (Å²) >= 11 is 1.62. The van der Waals surface area contributed by atoms with E-state index in [1.54, 1.807) is 11.3 Å². The number of carbonyl (C=O) groups is 1. The fourth-order valence-corrected chi connectivity index (χ4v) is 4.78. The quantitative estimate of drug-likeness (QED) is 0.904. The molecule has 1 aliphatic carbocycles. The molecule has 0 saturated carbocycles. The standard InChI is InChI=1S/C20H25N3OS/c1-13(2)23-10-9-17-18(12-23)25-20(21-17)22-19(24)16-8-7-14-5-3-4-6-15(14)11-16/h7-8,11,13H,3-6,9-10,12H2,1-2H3,(H,21,22,24). The zero-order chi connectivity index (χ0) is 17.4. The zero-order valence-corrected chi connectivity index (χ0v) is 15.8. The summed E-state index contributed by atoms with van der Waals surface area (Å²) in [6.45, 7) is 6.45. The molecule has 1 N–H and O–H groups in total. The minimum Gasteiger partial charge on any atom is -0.298 e. The first-order chi connectivity index (χ1) is 12.1. The second-order valence-electron chi connectivity index (χ2n) is 7.35. The second kappa shape index (κ2) is 6.89. The van der Waals surface area contributed by atoms with Crippen molar-refractivity contribution in [3.63, 3.8) is 0 Å². The molecule has 0 fully saturated rings. The summed E-state index contributed by atoms with van der Waals surface area (Å²) in [6, 6.07) is 6.69. The van der Waals surface area contributed by atoms with Gasteiger partial charge in [-0.05, 0) is 62.8 Å². The van der Waals surface area contributed by atoms with Gasteiger partial charge in [-0.3, -0.25) is 15.0 Å². The van der Waals surface area contributed by atoms with Crippen LogP contribution in [-0.2, 0) is 25.8 Å². The average molecular weight is 356 g/mol. The van der Waals surface area contributed by atoms with Crippen molar-refractivity contribution in [3.05, 3.63) is 45.5 Å². The number of thiazole rings is 1. The fourth-order valence-electron chi connectivity index (χ4n) is 3.75. The lowest BCUT2D eigenvalue weighted by atomic mass is 9.90. The van der Waals surface area contributed by atoms with Gasteiger partial charge in [0.1, 0.15) is 0 Å². The van der Waals surface area contributed by atoms with Gasteiger partial charge in [-0.1, -0.05) is 6.07 Å². The first-order valence-corrected chi connectivity index (χ1v) is 10.1. The van der Waals surface area contributed by atoms with Crippen LogP contribution in [0.5, 0.6) is 0 Å². The lowest BCUT2D eigenvalue weighted by Crippen LogP contribution is -2.35. The van der Waals surface area contributed by atoms with E-state index in [0.29, 0.717) is 6.04 Å². The molecule has 5 heteroatoms. The van der Waals surface area contributed by atoms with E-state index in [2.05, 4.69) is 41.2 Å². The summed E-state index contributed by atoms with van der Waals surface area (Å²) in [5, 5.41) is 3.75. The monoisotopic (exact) mass is 355 g/mol. The van der Waals surface area contributed by atoms with Gasteiger partial charge < -0.3 is 0 Å². The molecule has 2 aliphatic rings. The van der Waals surface area contributed by atoms with Gasteiger partial charge >= 0.3 is 0 Å². The van der Waals surface area contributed by atoms with E-state index in [1.807, 2.05) is 6.07 Å². The Kier molecular flexibility index (Phi) is 4.61. The van der Waals surface area contributed by atoms with Gasteiger partial charge in [0.2, 0.25) is 0 Å². The molecule has 0 bridgehead atoms. The first kappa shape index (κ1) is 16.7. The number of benzene rings is 1. The van der Waals surface area contributed by atoms with Crippen molar-refractivity contribution in [1.29, 1.82) is 0 Å². The average Bonchev–Trinajstić information content (AvgIpc) is 3.02. The molecule has 4 nitrogen and oxygen atoms in total. The number of hydrogen-bond acceptors (Lipinski definition) is 4. The molecule has 1 aromatic heterocycles. The molecule has 4 rings (SSSR count). The summed E-state index contributed by atoms with van der Waals surface area (Å²) in [7, 11) is 0. The maximum atomic E-state index is 12.6. The number of fused-ring (bicyclic) bond motifs is 2. The highest BCUT2D eigenvalue weighted by Gasteiger charge is 2.23. The van der Waals surface area contributed by atoms with Gasteiger partial charge in [0.25, 0.3) is 5.91 Å². The van der Waals surface area contributed by atoms with Gasteiger partial charge in [0, 0.05) is 36.0 Å². The molecule has 0 spiro atoms. The molecule has 132 valence electrons. The predicted molar refractivity (Wildman–Crippen MR) is 102 cm³/mol. The molecule has 2 aromatic rings. The van der Waals surface area contributed by atoms with E-state index in [0.717, 1.165) is 48.7 Å². The lowest BCUT2D eigenvalue weighted by molar-refractivity contribution is 0.102. The van der Waals surface area contributed by atoms with Crippen molar-refractivity contribution in [2.45, 2.75) is 58.5 Å².